The summed E-state index contributed by atoms with van der Waals surface area (Å²) in [5, 5.41) is 0. The number of hydrogen-bond acceptors (Lipinski definition) is 1. The van der Waals surface area contributed by atoms with Crippen LogP contribution in [-0.2, 0) is 0 Å². The van der Waals surface area contributed by atoms with Crippen LogP contribution in [-0.4, -0.2) is 25.0 Å². The summed E-state index contributed by atoms with van der Waals surface area (Å²) >= 11 is 0. The molecule has 0 aliphatic rings. The second-order valence-corrected chi connectivity index (χ2v) is 3.86. The molecule has 14 heavy (non-hydrogen) atoms. The topological polar surface area (TPSA) is 3.24 Å². The van der Waals surface area contributed by atoms with E-state index in [9.17, 15) is 0 Å². The molecular formula is C13H25N. The first-order chi connectivity index (χ1) is 6.65. The normalized spacial score (nSPS) is 11.3. The molecule has 0 fully saturated rings. The molecular weight excluding hydrogens is 170 g/mol. The van der Waals surface area contributed by atoms with E-state index in [1.807, 2.05) is 0 Å². The summed E-state index contributed by atoms with van der Waals surface area (Å²) in [5.74, 6) is 0. The van der Waals surface area contributed by atoms with Gasteiger partial charge in [0.1, 0.15) is 0 Å². The van der Waals surface area contributed by atoms with Gasteiger partial charge in [0.05, 0.1) is 0 Å². The molecule has 0 heterocycles. The van der Waals surface area contributed by atoms with E-state index < -0.39 is 0 Å². The molecule has 0 aromatic rings. The van der Waals surface area contributed by atoms with Crippen molar-refractivity contribution in [1.29, 1.82) is 0 Å². The molecule has 0 bridgehead atoms. The summed E-state index contributed by atoms with van der Waals surface area (Å²) in [6.45, 7) is 11.0. The first kappa shape index (κ1) is 13.4. The predicted molar refractivity (Wildman–Crippen MR) is 65.6 cm³/mol. The molecule has 0 amide bonds. The zero-order valence-electron chi connectivity index (χ0n) is 10.4. The monoisotopic (exact) mass is 195 g/mol. The van der Waals surface area contributed by atoms with Crippen LogP contribution < -0.4 is 0 Å². The number of hydrogen-bond donors (Lipinski definition) is 0. The standard InChI is InChI=1S/C13H25N/c1-6-9-10-14(5)11-12(4)13(7-2)8-3/h6,9H,7-8,10-11H2,1-5H3/b9-6-. The van der Waals surface area contributed by atoms with Crippen molar-refractivity contribution in [3.63, 3.8) is 0 Å². The molecule has 82 valence electrons. The lowest BCUT2D eigenvalue weighted by Crippen LogP contribution is -2.21. The van der Waals surface area contributed by atoms with Crippen LogP contribution in [0.15, 0.2) is 23.3 Å². The van der Waals surface area contributed by atoms with Crippen LogP contribution in [0.5, 0.6) is 0 Å². The van der Waals surface area contributed by atoms with Gasteiger partial charge in [0, 0.05) is 13.1 Å². The molecule has 0 aromatic carbocycles. The number of rotatable bonds is 6. The minimum Gasteiger partial charge on any atom is -0.299 e. The molecule has 0 aromatic heterocycles. The van der Waals surface area contributed by atoms with E-state index in [-0.39, 0.29) is 0 Å². The molecule has 0 saturated heterocycles. The fourth-order valence-electron chi connectivity index (χ4n) is 1.72. The maximum Gasteiger partial charge on any atom is 0.0193 e. The van der Waals surface area contributed by atoms with Gasteiger partial charge in [-0.1, -0.05) is 37.1 Å². The van der Waals surface area contributed by atoms with Gasteiger partial charge >= 0.3 is 0 Å². The minimum atomic E-state index is 1.05. The Balaban J connectivity index is 4.14. The van der Waals surface area contributed by atoms with E-state index in [2.05, 4.69) is 51.8 Å². The summed E-state index contributed by atoms with van der Waals surface area (Å²) in [7, 11) is 2.17. The highest BCUT2D eigenvalue weighted by molar-refractivity contribution is 5.12. The van der Waals surface area contributed by atoms with Gasteiger partial charge in [-0.3, -0.25) is 4.90 Å². The Morgan fingerprint density at radius 1 is 1.21 bits per heavy atom. The van der Waals surface area contributed by atoms with Gasteiger partial charge in [-0.25, -0.2) is 0 Å². The average Bonchev–Trinajstić information content (AvgIpc) is 2.16. The summed E-state index contributed by atoms with van der Waals surface area (Å²) in [5.41, 5.74) is 3.15. The maximum atomic E-state index is 2.35. The predicted octanol–water partition coefficient (Wildman–Crippen LogP) is 3.63. The Labute approximate surface area is 89.5 Å². The molecule has 0 rings (SSSR count). The fraction of sp³-hybridized carbons (Fsp3) is 0.692. The van der Waals surface area contributed by atoms with Crippen molar-refractivity contribution in [2.75, 3.05) is 20.1 Å². The van der Waals surface area contributed by atoms with Crippen molar-refractivity contribution >= 4 is 0 Å². The smallest absolute Gasteiger partial charge is 0.0193 e. The van der Waals surface area contributed by atoms with Crippen LogP contribution in [0.1, 0.15) is 40.5 Å². The molecule has 1 heteroatoms. The Morgan fingerprint density at radius 3 is 2.21 bits per heavy atom. The average molecular weight is 195 g/mol. The van der Waals surface area contributed by atoms with Gasteiger partial charge in [0.15, 0.2) is 0 Å². The zero-order chi connectivity index (χ0) is 11.0. The van der Waals surface area contributed by atoms with E-state index >= 15 is 0 Å². The van der Waals surface area contributed by atoms with Crippen molar-refractivity contribution in [2.45, 2.75) is 40.5 Å². The largest absolute Gasteiger partial charge is 0.299 e. The van der Waals surface area contributed by atoms with Crippen molar-refractivity contribution in [3.8, 4) is 0 Å². The maximum absolute atomic E-state index is 2.35. The lowest BCUT2D eigenvalue weighted by molar-refractivity contribution is 0.400. The van der Waals surface area contributed by atoms with Crippen molar-refractivity contribution < 1.29 is 0 Å². The summed E-state index contributed by atoms with van der Waals surface area (Å²) < 4.78 is 0. The van der Waals surface area contributed by atoms with E-state index in [0.717, 1.165) is 13.1 Å². The molecule has 0 radical (unpaired) electrons. The van der Waals surface area contributed by atoms with Gasteiger partial charge in [-0.15, -0.1) is 0 Å². The Morgan fingerprint density at radius 2 is 1.79 bits per heavy atom. The van der Waals surface area contributed by atoms with Gasteiger partial charge in [0.2, 0.25) is 0 Å². The van der Waals surface area contributed by atoms with Crippen LogP contribution in [0, 0.1) is 0 Å². The van der Waals surface area contributed by atoms with Crippen molar-refractivity contribution in [2.24, 2.45) is 0 Å². The lowest BCUT2D eigenvalue weighted by atomic mass is 10.0. The number of allylic oxidation sites excluding steroid dienone is 2. The second-order valence-electron chi connectivity index (χ2n) is 3.86. The first-order valence-electron chi connectivity index (χ1n) is 5.62. The highest BCUT2D eigenvalue weighted by atomic mass is 15.1. The fourth-order valence-corrected chi connectivity index (χ4v) is 1.72. The van der Waals surface area contributed by atoms with Gasteiger partial charge in [-0.05, 0) is 33.7 Å². The zero-order valence-corrected chi connectivity index (χ0v) is 10.4. The third-order valence-corrected chi connectivity index (χ3v) is 2.62. The van der Waals surface area contributed by atoms with Gasteiger partial charge < -0.3 is 0 Å². The summed E-state index contributed by atoms with van der Waals surface area (Å²) in [6, 6.07) is 0. The van der Waals surface area contributed by atoms with E-state index in [0.29, 0.717) is 0 Å². The second kappa shape index (κ2) is 7.81. The van der Waals surface area contributed by atoms with Crippen LogP contribution in [0.4, 0.5) is 0 Å². The van der Waals surface area contributed by atoms with E-state index in [1.165, 1.54) is 12.8 Å². The first-order valence-corrected chi connectivity index (χ1v) is 5.62. The van der Waals surface area contributed by atoms with Crippen molar-refractivity contribution in [3.05, 3.63) is 23.3 Å². The minimum absolute atomic E-state index is 1.05. The van der Waals surface area contributed by atoms with Crippen LogP contribution in [0.2, 0.25) is 0 Å². The number of nitrogens with zero attached hydrogens (tertiary/aromatic N) is 1. The molecule has 0 N–H and O–H groups in total. The highest BCUT2D eigenvalue weighted by Crippen LogP contribution is 2.12. The highest BCUT2D eigenvalue weighted by Gasteiger charge is 2.01. The molecule has 1 nitrogen and oxygen atoms in total. The van der Waals surface area contributed by atoms with E-state index in [4.69, 9.17) is 0 Å². The van der Waals surface area contributed by atoms with Crippen molar-refractivity contribution in [1.82, 2.24) is 4.90 Å². The molecule has 0 aliphatic heterocycles. The molecule has 0 spiro atoms. The molecule has 0 atom stereocenters. The lowest BCUT2D eigenvalue weighted by Gasteiger charge is -2.17. The van der Waals surface area contributed by atoms with Crippen LogP contribution in [0.25, 0.3) is 0 Å². The molecule has 0 aliphatic carbocycles. The van der Waals surface area contributed by atoms with E-state index in [1.54, 1.807) is 11.1 Å². The Hall–Kier alpha value is -0.560. The molecule has 0 unspecified atom stereocenters. The SMILES string of the molecule is C/C=C\CN(C)CC(C)=C(CC)CC. The Kier molecular flexibility index (Phi) is 7.50. The van der Waals surface area contributed by atoms with Gasteiger partial charge in [-0.2, -0.15) is 0 Å². The third kappa shape index (κ3) is 5.23. The third-order valence-electron chi connectivity index (χ3n) is 2.62. The Bertz CT molecular complexity index is 195. The number of likely N-dealkylation sites (N-methyl/N-ethyl adjacent to an activating group) is 1. The van der Waals surface area contributed by atoms with Crippen LogP contribution in [0.3, 0.4) is 0 Å². The quantitative estimate of drug-likeness (QED) is 0.585. The molecule has 0 saturated carbocycles. The summed E-state index contributed by atoms with van der Waals surface area (Å²) in [6.07, 6.45) is 6.69. The van der Waals surface area contributed by atoms with Crippen LogP contribution >= 0.6 is 0 Å². The van der Waals surface area contributed by atoms with Gasteiger partial charge in [0.25, 0.3) is 0 Å². The summed E-state index contributed by atoms with van der Waals surface area (Å²) in [4.78, 5) is 2.35.